The third kappa shape index (κ3) is 2.99. The number of nitrogens with two attached hydrogens (primary N) is 1. The molecule has 1 aromatic carbocycles. The molecule has 3 rings (SSSR count). The highest BCUT2D eigenvalue weighted by molar-refractivity contribution is 7.89. The number of nitrogens with one attached hydrogen (secondary N) is 1. The van der Waals surface area contributed by atoms with Gasteiger partial charge in [0.2, 0.25) is 10.0 Å². The summed E-state index contributed by atoms with van der Waals surface area (Å²) < 4.78 is 28.5. The fourth-order valence-electron chi connectivity index (χ4n) is 3.23. The van der Waals surface area contributed by atoms with E-state index in [0.717, 1.165) is 31.1 Å². The van der Waals surface area contributed by atoms with Gasteiger partial charge in [-0.1, -0.05) is 25.0 Å². The molecule has 1 saturated carbocycles. The first-order valence-electron chi connectivity index (χ1n) is 7.67. The van der Waals surface area contributed by atoms with Crippen molar-refractivity contribution in [3.63, 3.8) is 0 Å². The Bertz CT molecular complexity index is 756. The second-order valence-electron chi connectivity index (χ2n) is 5.86. The molecule has 5 nitrogen and oxygen atoms in total. The SMILES string of the molecule is NC[C@@H]1CCCC[C@@H]1NS(=O)(=O)c1cccc2cnccc12. The number of aromatic nitrogens is 1. The maximum atomic E-state index is 12.8. The second-order valence-corrected chi connectivity index (χ2v) is 7.54. The van der Waals surface area contributed by atoms with Crippen LogP contribution in [0.15, 0.2) is 41.6 Å². The monoisotopic (exact) mass is 319 g/mol. The third-order valence-electron chi connectivity index (χ3n) is 4.45. The number of hydrogen-bond donors (Lipinski definition) is 2. The molecular weight excluding hydrogens is 298 g/mol. The van der Waals surface area contributed by atoms with Crippen LogP contribution in [0.2, 0.25) is 0 Å². The average molecular weight is 319 g/mol. The Morgan fingerprint density at radius 1 is 1.23 bits per heavy atom. The van der Waals surface area contributed by atoms with E-state index in [-0.39, 0.29) is 12.0 Å². The van der Waals surface area contributed by atoms with E-state index in [2.05, 4.69) is 9.71 Å². The lowest BCUT2D eigenvalue weighted by Gasteiger charge is -2.31. The van der Waals surface area contributed by atoms with Crippen LogP contribution in [-0.4, -0.2) is 26.0 Å². The first kappa shape index (κ1) is 15.4. The van der Waals surface area contributed by atoms with Crippen LogP contribution in [0.5, 0.6) is 0 Å². The van der Waals surface area contributed by atoms with Crippen LogP contribution < -0.4 is 10.5 Å². The second kappa shape index (κ2) is 6.32. The lowest BCUT2D eigenvalue weighted by atomic mass is 9.85. The maximum absolute atomic E-state index is 12.8. The van der Waals surface area contributed by atoms with E-state index in [1.165, 1.54) is 0 Å². The predicted octanol–water partition coefficient (Wildman–Crippen LogP) is 2.03. The van der Waals surface area contributed by atoms with Crippen molar-refractivity contribution < 1.29 is 8.42 Å². The molecule has 22 heavy (non-hydrogen) atoms. The normalized spacial score (nSPS) is 22.8. The third-order valence-corrected chi connectivity index (χ3v) is 6.00. The van der Waals surface area contributed by atoms with Gasteiger partial charge in [0.25, 0.3) is 0 Å². The zero-order valence-electron chi connectivity index (χ0n) is 12.4. The number of benzene rings is 1. The minimum atomic E-state index is -3.56. The summed E-state index contributed by atoms with van der Waals surface area (Å²) >= 11 is 0. The van der Waals surface area contributed by atoms with Gasteiger partial charge in [-0.2, -0.15) is 0 Å². The molecular formula is C16H21N3O2S. The summed E-state index contributed by atoms with van der Waals surface area (Å²) in [5.74, 6) is 0.222. The maximum Gasteiger partial charge on any atom is 0.241 e. The number of rotatable bonds is 4. The van der Waals surface area contributed by atoms with E-state index in [0.29, 0.717) is 16.8 Å². The van der Waals surface area contributed by atoms with E-state index in [9.17, 15) is 8.42 Å². The van der Waals surface area contributed by atoms with E-state index in [4.69, 9.17) is 5.73 Å². The van der Waals surface area contributed by atoms with E-state index < -0.39 is 10.0 Å². The van der Waals surface area contributed by atoms with Crippen LogP contribution in [0.3, 0.4) is 0 Å². The standard InChI is InChI=1S/C16H21N3O2S/c17-10-12-4-1-2-6-15(12)19-22(20,21)16-7-3-5-13-11-18-9-8-14(13)16/h3,5,7-9,11-12,15,19H,1-2,4,6,10,17H2/t12-,15-/m0/s1. The highest BCUT2D eigenvalue weighted by atomic mass is 32.2. The van der Waals surface area contributed by atoms with Crippen LogP contribution in [0.1, 0.15) is 25.7 Å². The molecule has 0 unspecified atom stereocenters. The van der Waals surface area contributed by atoms with Crippen molar-refractivity contribution in [1.82, 2.24) is 9.71 Å². The minimum Gasteiger partial charge on any atom is -0.330 e. The van der Waals surface area contributed by atoms with E-state index in [1.807, 2.05) is 6.07 Å². The highest BCUT2D eigenvalue weighted by Gasteiger charge is 2.29. The largest absolute Gasteiger partial charge is 0.330 e. The summed E-state index contributed by atoms with van der Waals surface area (Å²) in [4.78, 5) is 4.36. The van der Waals surface area contributed by atoms with Crippen LogP contribution in [-0.2, 0) is 10.0 Å². The quantitative estimate of drug-likeness (QED) is 0.903. The molecule has 0 amide bonds. The van der Waals surface area contributed by atoms with Crippen molar-refractivity contribution in [3.05, 3.63) is 36.7 Å². The molecule has 2 atom stereocenters. The van der Waals surface area contributed by atoms with Gasteiger partial charge in [-0.05, 0) is 37.4 Å². The number of sulfonamides is 1. The van der Waals surface area contributed by atoms with Crippen molar-refractivity contribution in [2.75, 3.05) is 6.54 Å². The lowest BCUT2D eigenvalue weighted by Crippen LogP contribution is -2.44. The Morgan fingerprint density at radius 2 is 2.05 bits per heavy atom. The molecule has 1 aliphatic carbocycles. The van der Waals surface area contributed by atoms with Gasteiger partial charge in [-0.15, -0.1) is 0 Å². The number of nitrogens with zero attached hydrogens (tertiary/aromatic N) is 1. The van der Waals surface area contributed by atoms with Gasteiger partial charge in [0.15, 0.2) is 0 Å². The van der Waals surface area contributed by atoms with Gasteiger partial charge >= 0.3 is 0 Å². The molecule has 2 aromatic rings. The molecule has 1 aromatic heterocycles. The highest BCUT2D eigenvalue weighted by Crippen LogP contribution is 2.27. The zero-order chi connectivity index (χ0) is 15.6. The van der Waals surface area contributed by atoms with Gasteiger partial charge in [0.1, 0.15) is 0 Å². The van der Waals surface area contributed by atoms with Crippen LogP contribution in [0.4, 0.5) is 0 Å². The molecule has 0 spiro atoms. The molecule has 118 valence electrons. The number of fused-ring (bicyclic) bond motifs is 1. The molecule has 6 heteroatoms. The average Bonchev–Trinajstić information content (AvgIpc) is 2.54. The molecule has 0 saturated heterocycles. The fourth-order valence-corrected chi connectivity index (χ4v) is 4.80. The van der Waals surface area contributed by atoms with Crippen molar-refractivity contribution in [2.45, 2.75) is 36.6 Å². The Kier molecular flexibility index (Phi) is 4.42. The van der Waals surface area contributed by atoms with Gasteiger partial charge in [-0.25, -0.2) is 13.1 Å². The van der Waals surface area contributed by atoms with E-state index in [1.54, 1.807) is 30.6 Å². The summed E-state index contributed by atoms with van der Waals surface area (Å²) in [6.45, 7) is 0.520. The van der Waals surface area contributed by atoms with Crippen molar-refractivity contribution in [1.29, 1.82) is 0 Å². The van der Waals surface area contributed by atoms with Gasteiger partial charge in [0, 0.05) is 29.2 Å². The summed E-state index contributed by atoms with van der Waals surface area (Å²) in [7, 11) is -3.56. The van der Waals surface area contributed by atoms with Gasteiger partial charge < -0.3 is 5.73 Å². The molecule has 1 heterocycles. The molecule has 0 bridgehead atoms. The lowest BCUT2D eigenvalue weighted by molar-refractivity contribution is 0.296. The van der Waals surface area contributed by atoms with Crippen LogP contribution in [0.25, 0.3) is 10.8 Å². The summed E-state index contributed by atoms with van der Waals surface area (Å²) in [5, 5.41) is 1.52. The Hall–Kier alpha value is -1.50. The first-order valence-corrected chi connectivity index (χ1v) is 9.15. The molecule has 0 aliphatic heterocycles. The summed E-state index contributed by atoms with van der Waals surface area (Å²) in [6, 6.07) is 6.93. The van der Waals surface area contributed by atoms with Crippen LogP contribution in [0, 0.1) is 5.92 Å². The predicted molar refractivity (Wildman–Crippen MR) is 86.9 cm³/mol. The summed E-state index contributed by atoms with van der Waals surface area (Å²) in [5.41, 5.74) is 5.80. The molecule has 3 N–H and O–H groups in total. The molecule has 1 aliphatic rings. The molecule has 1 fully saturated rings. The zero-order valence-corrected chi connectivity index (χ0v) is 13.2. The van der Waals surface area contributed by atoms with Crippen molar-refractivity contribution >= 4 is 20.8 Å². The Labute approximate surface area is 131 Å². The Morgan fingerprint density at radius 3 is 2.86 bits per heavy atom. The van der Waals surface area contributed by atoms with Crippen molar-refractivity contribution in [3.8, 4) is 0 Å². The van der Waals surface area contributed by atoms with Crippen LogP contribution >= 0.6 is 0 Å². The minimum absolute atomic E-state index is 0.0687. The number of pyridine rings is 1. The molecule has 0 radical (unpaired) electrons. The smallest absolute Gasteiger partial charge is 0.241 e. The van der Waals surface area contributed by atoms with Crippen molar-refractivity contribution in [2.24, 2.45) is 11.7 Å². The van der Waals surface area contributed by atoms with Gasteiger partial charge in [0.05, 0.1) is 4.90 Å². The first-order chi connectivity index (χ1) is 10.6. The Balaban J connectivity index is 1.95. The fraction of sp³-hybridized carbons (Fsp3) is 0.438. The summed E-state index contributed by atoms with van der Waals surface area (Å²) in [6.07, 6.45) is 7.31. The van der Waals surface area contributed by atoms with Gasteiger partial charge in [-0.3, -0.25) is 4.98 Å². The topological polar surface area (TPSA) is 85.1 Å². The number of hydrogen-bond acceptors (Lipinski definition) is 4. The van der Waals surface area contributed by atoms with E-state index >= 15 is 0 Å².